The molecule has 0 saturated carbocycles. The van der Waals surface area contributed by atoms with Crippen LogP contribution in [0.2, 0.25) is 25.7 Å². The fraction of sp³-hybridized carbons (Fsp3) is 0.571. The fourth-order valence-corrected chi connectivity index (χ4v) is 7.52. The van der Waals surface area contributed by atoms with Gasteiger partial charge in [-0.1, -0.05) is 87.9 Å². The lowest BCUT2D eigenvalue weighted by Gasteiger charge is -2.35. The Balaban J connectivity index is 2.85. The van der Waals surface area contributed by atoms with Crippen molar-refractivity contribution in [3.63, 3.8) is 0 Å². The molecule has 96 valence electrons. The Bertz CT molecular complexity index is 326. The topological polar surface area (TPSA) is 0 Å². The van der Waals surface area contributed by atoms with Crippen molar-refractivity contribution in [2.45, 2.75) is 32.1 Å². The summed E-state index contributed by atoms with van der Waals surface area (Å²) in [5, 5.41) is 2.15. The van der Waals surface area contributed by atoms with Gasteiger partial charge in [0.15, 0.2) is 0 Å². The van der Waals surface area contributed by atoms with Crippen molar-refractivity contribution in [2.24, 2.45) is 5.41 Å². The normalized spacial score (nSPS) is 12.8. The first-order valence-corrected chi connectivity index (χ1v) is 12.0. The predicted octanol–water partition coefficient (Wildman–Crippen LogP) is 5.34. The van der Waals surface area contributed by atoms with E-state index in [1.54, 1.807) is 0 Å². The van der Waals surface area contributed by atoms with E-state index < -0.39 is 8.07 Å². The van der Waals surface area contributed by atoms with Gasteiger partial charge in [-0.05, 0) is 17.4 Å². The van der Waals surface area contributed by atoms with Crippen LogP contribution in [0.1, 0.15) is 5.56 Å². The third kappa shape index (κ3) is 5.27. The highest BCUT2D eigenvalue weighted by atomic mass is 79.9. The number of alkyl halides is 2. The summed E-state index contributed by atoms with van der Waals surface area (Å²) in [6.45, 7) is 7.37. The minimum Gasteiger partial charge on any atom is -0.0922 e. The second kappa shape index (κ2) is 6.53. The van der Waals surface area contributed by atoms with Crippen molar-refractivity contribution in [3.8, 4) is 0 Å². The molecule has 0 unspecified atom stereocenters. The van der Waals surface area contributed by atoms with Crippen LogP contribution in [-0.4, -0.2) is 18.7 Å². The Morgan fingerprint density at radius 3 is 1.94 bits per heavy atom. The van der Waals surface area contributed by atoms with Crippen molar-refractivity contribution < 1.29 is 0 Å². The number of rotatable bonds is 6. The average Bonchev–Trinajstić information content (AvgIpc) is 2.27. The Labute approximate surface area is 123 Å². The van der Waals surface area contributed by atoms with E-state index in [1.165, 1.54) is 11.6 Å². The van der Waals surface area contributed by atoms with Crippen LogP contribution in [0.3, 0.4) is 0 Å². The summed E-state index contributed by atoms with van der Waals surface area (Å²) in [7, 11) is -1.05. The van der Waals surface area contributed by atoms with Crippen LogP contribution in [0.25, 0.3) is 0 Å². The van der Waals surface area contributed by atoms with Gasteiger partial charge in [0.1, 0.15) is 0 Å². The van der Waals surface area contributed by atoms with Crippen molar-refractivity contribution in [1.82, 2.24) is 0 Å². The van der Waals surface area contributed by atoms with Crippen molar-refractivity contribution in [2.75, 3.05) is 10.7 Å². The van der Waals surface area contributed by atoms with Crippen LogP contribution in [0.15, 0.2) is 30.3 Å². The molecule has 0 aliphatic carbocycles. The zero-order valence-electron chi connectivity index (χ0n) is 11.0. The lowest BCUT2D eigenvalue weighted by molar-refractivity contribution is 0.432. The minimum atomic E-state index is -1.05. The molecule has 1 aromatic rings. The van der Waals surface area contributed by atoms with E-state index >= 15 is 0 Å². The molecule has 0 amide bonds. The molecule has 0 aliphatic rings. The maximum atomic E-state index is 3.74. The Hall–Kier alpha value is 0.397. The first kappa shape index (κ1) is 15.5. The zero-order valence-corrected chi connectivity index (χ0v) is 15.1. The number of hydrogen-bond donors (Lipinski definition) is 0. The fourth-order valence-electron chi connectivity index (χ4n) is 2.44. The van der Waals surface area contributed by atoms with Crippen LogP contribution in [-0.2, 0) is 6.42 Å². The second-order valence-electron chi connectivity index (χ2n) is 6.17. The highest BCUT2D eigenvalue weighted by Crippen LogP contribution is 2.36. The minimum absolute atomic E-state index is 0.367. The SMILES string of the molecule is C[Si](C)(C)CC(CBr)(CBr)Cc1ccccc1. The molecular formula is C14H22Br2Si. The molecule has 0 bridgehead atoms. The Morgan fingerprint density at radius 1 is 1.00 bits per heavy atom. The Morgan fingerprint density at radius 2 is 1.53 bits per heavy atom. The van der Waals surface area contributed by atoms with E-state index in [1.807, 2.05) is 0 Å². The molecular weight excluding hydrogens is 356 g/mol. The molecule has 0 atom stereocenters. The van der Waals surface area contributed by atoms with Crippen LogP contribution in [0.4, 0.5) is 0 Å². The smallest absolute Gasteiger partial charge is 0.0448 e. The molecule has 0 nitrogen and oxygen atoms in total. The predicted molar refractivity (Wildman–Crippen MR) is 88.3 cm³/mol. The lowest BCUT2D eigenvalue weighted by Crippen LogP contribution is -2.37. The standard InChI is InChI=1S/C14H22Br2Si/c1-17(2,3)12-14(10-15,11-16)9-13-7-5-4-6-8-13/h4-8H,9-12H2,1-3H3. The molecule has 0 fully saturated rings. The molecule has 17 heavy (non-hydrogen) atoms. The van der Waals surface area contributed by atoms with Crippen LogP contribution in [0, 0.1) is 5.41 Å². The monoisotopic (exact) mass is 376 g/mol. The van der Waals surface area contributed by atoms with Crippen molar-refractivity contribution >= 4 is 39.9 Å². The van der Waals surface area contributed by atoms with Gasteiger partial charge in [-0.2, -0.15) is 0 Å². The third-order valence-electron chi connectivity index (χ3n) is 2.89. The van der Waals surface area contributed by atoms with E-state index in [-0.39, 0.29) is 0 Å². The van der Waals surface area contributed by atoms with Gasteiger partial charge in [0.25, 0.3) is 0 Å². The summed E-state index contributed by atoms with van der Waals surface area (Å²) < 4.78 is 0. The van der Waals surface area contributed by atoms with Gasteiger partial charge in [0, 0.05) is 18.7 Å². The lowest BCUT2D eigenvalue weighted by atomic mass is 9.87. The molecule has 0 saturated heterocycles. The zero-order chi connectivity index (χ0) is 12.9. The van der Waals surface area contributed by atoms with Crippen molar-refractivity contribution in [3.05, 3.63) is 35.9 Å². The van der Waals surface area contributed by atoms with Crippen LogP contribution < -0.4 is 0 Å². The van der Waals surface area contributed by atoms with E-state index in [0.717, 1.165) is 17.1 Å². The van der Waals surface area contributed by atoms with Gasteiger partial charge in [-0.15, -0.1) is 0 Å². The van der Waals surface area contributed by atoms with Crippen molar-refractivity contribution in [1.29, 1.82) is 0 Å². The summed E-state index contributed by atoms with van der Waals surface area (Å²) in [4.78, 5) is 0. The van der Waals surface area contributed by atoms with E-state index in [9.17, 15) is 0 Å². The number of hydrogen-bond acceptors (Lipinski definition) is 0. The Kier molecular flexibility index (Phi) is 5.94. The molecule has 0 heterocycles. The number of halogens is 2. The molecule has 3 heteroatoms. The van der Waals surface area contributed by atoms with E-state index in [4.69, 9.17) is 0 Å². The maximum absolute atomic E-state index is 3.74. The van der Waals surface area contributed by atoms with Crippen LogP contribution in [0.5, 0.6) is 0 Å². The molecule has 0 radical (unpaired) electrons. The summed E-state index contributed by atoms with van der Waals surface area (Å²) in [5.41, 5.74) is 1.82. The quantitative estimate of drug-likeness (QED) is 0.463. The van der Waals surface area contributed by atoms with E-state index in [0.29, 0.717) is 5.41 Å². The van der Waals surface area contributed by atoms with E-state index in [2.05, 4.69) is 81.8 Å². The van der Waals surface area contributed by atoms with Crippen LogP contribution >= 0.6 is 31.9 Å². The molecule has 1 aromatic carbocycles. The maximum Gasteiger partial charge on any atom is 0.0448 e. The summed E-state index contributed by atoms with van der Waals surface area (Å²) in [6.07, 6.45) is 1.16. The third-order valence-corrected chi connectivity index (χ3v) is 7.08. The molecule has 0 aliphatic heterocycles. The summed E-state index contributed by atoms with van der Waals surface area (Å²) in [6, 6.07) is 12.2. The summed E-state index contributed by atoms with van der Waals surface area (Å²) >= 11 is 7.47. The first-order valence-electron chi connectivity index (χ1n) is 6.07. The van der Waals surface area contributed by atoms with Gasteiger partial charge in [-0.25, -0.2) is 0 Å². The molecule has 0 N–H and O–H groups in total. The van der Waals surface area contributed by atoms with Gasteiger partial charge in [-0.3, -0.25) is 0 Å². The number of benzene rings is 1. The molecule has 0 aromatic heterocycles. The highest BCUT2D eigenvalue weighted by molar-refractivity contribution is 9.09. The largest absolute Gasteiger partial charge is 0.0922 e. The van der Waals surface area contributed by atoms with Gasteiger partial charge in [0.05, 0.1) is 0 Å². The average molecular weight is 378 g/mol. The highest BCUT2D eigenvalue weighted by Gasteiger charge is 2.33. The van der Waals surface area contributed by atoms with Gasteiger partial charge < -0.3 is 0 Å². The summed E-state index contributed by atoms with van der Waals surface area (Å²) in [5.74, 6) is 0. The molecule has 1 rings (SSSR count). The van der Waals surface area contributed by atoms with Gasteiger partial charge >= 0.3 is 0 Å². The second-order valence-corrected chi connectivity index (χ2v) is 12.8. The first-order chi connectivity index (χ1) is 7.91. The van der Waals surface area contributed by atoms with Gasteiger partial charge in [0.2, 0.25) is 0 Å². The molecule has 0 spiro atoms.